The van der Waals surface area contributed by atoms with E-state index < -0.39 is 0 Å². The molecule has 0 saturated carbocycles. The lowest BCUT2D eigenvalue weighted by Gasteiger charge is -2.12. The van der Waals surface area contributed by atoms with Crippen LogP contribution in [0, 0.1) is 0 Å². The third-order valence-corrected chi connectivity index (χ3v) is 3.22. The fourth-order valence-corrected chi connectivity index (χ4v) is 1.56. The second-order valence-corrected chi connectivity index (χ2v) is 4.68. The quantitative estimate of drug-likeness (QED) is 0.635. The van der Waals surface area contributed by atoms with Crippen LogP contribution in [0.4, 0.5) is 0 Å². The van der Waals surface area contributed by atoms with Gasteiger partial charge in [0.15, 0.2) is 0 Å². The summed E-state index contributed by atoms with van der Waals surface area (Å²) in [5.74, 6) is -0.159. The third-order valence-electron chi connectivity index (χ3n) is 2.13. The van der Waals surface area contributed by atoms with E-state index in [1.807, 2.05) is 18.4 Å². The Morgan fingerprint density at radius 2 is 2.00 bits per heavy atom. The van der Waals surface area contributed by atoms with Crippen molar-refractivity contribution in [3.63, 3.8) is 0 Å². The first-order chi connectivity index (χ1) is 7.54. The molecule has 0 spiro atoms. The monoisotopic (exact) mass is 254 g/mol. The van der Waals surface area contributed by atoms with Crippen molar-refractivity contribution in [3.05, 3.63) is 29.8 Å². The Hall–Kier alpha value is -1.07. The number of nitrogens with two attached hydrogens (primary N) is 1. The van der Waals surface area contributed by atoms with E-state index >= 15 is 0 Å². The molecule has 0 bridgehead atoms. The Bertz CT molecular complexity index is 389. The molecule has 0 saturated heterocycles. The Morgan fingerprint density at radius 1 is 1.44 bits per heavy atom. The molecule has 1 unspecified atom stereocenters. The van der Waals surface area contributed by atoms with Crippen LogP contribution in [0.3, 0.4) is 0 Å². The van der Waals surface area contributed by atoms with Gasteiger partial charge in [-0.1, -0.05) is 12.2 Å². The first-order valence-electron chi connectivity index (χ1n) is 4.79. The van der Waals surface area contributed by atoms with Crippen LogP contribution in [0.25, 0.3) is 0 Å². The van der Waals surface area contributed by atoms with Crippen molar-refractivity contribution in [1.82, 2.24) is 5.32 Å². The molecule has 86 valence electrons. The summed E-state index contributed by atoms with van der Waals surface area (Å²) in [7, 11) is 0. The number of rotatable bonds is 4. The maximum atomic E-state index is 11.7. The lowest BCUT2D eigenvalue weighted by Crippen LogP contribution is -2.41. The summed E-state index contributed by atoms with van der Waals surface area (Å²) in [6.45, 7) is 1.76. The molecule has 0 aliphatic heterocycles. The van der Waals surface area contributed by atoms with Gasteiger partial charge in [-0.3, -0.25) is 4.79 Å². The predicted octanol–water partition coefficient (Wildman–Crippen LogP) is 1.81. The molecule has 0 fully saturated rings. The molecule has 0 radical (unpaired) electrons. The number of nitrogens with one attached hydrogen (secondary N) is 1. The average Bonchev–Trinajstić information content (AvgIpc) is 2.28. The number of amides is 1. The van der Waals surface area contributed by atoms with Crippen molar-refractivity contribution in [2.75, 3.05) is 6.26 Å². The normalized spacial score (nSPS) is 11.9. The van der Waals surface area contributed by atoms with Gasteiger partial charge in [-0.25, -0.2) is 0 Å². The van der Waals surface area contributed by atoms with E-state index in [9.17, 15) is 4.79 Å². The minimum absolute atomic E-state index is 0.159. The summed E-state index contributed by atoms with van der Waals surface area (Å²) in [5, 5.41) is 2.72. The maximum Gasteiger partial charge on any atom is 0.251 e. The van der Waals surface area contributed by atoms with Crippen molar-refractivity contribution in [1.29, 1.82) is 0 Å². The minimum atomic E-state index is -0.289. The first kappa shape index (κ1) is 13.0. The van der Waals surface area contributed by atoms with Crippen LogP contribution in [0.1, 0.15) is 17.3 Å². The summed E-state index contributed by atoms with van der Waals surface area (Å²) in [4.78, 5) is 13.1. The van der Waals surface area contributed by atoms with Crippen LogP contribution in [0.15, 0.2) is 29.2 Å². The highest BCUT2D eigenvalue weighted by Crippen LogP contribution is 2.14. The van der Waals surface area contributed by atoms with Crippen LogP contribution in [0.2, 0.25) is 0 Å². The zero-order chi connectivity index (χ0) is 12.1. The van der Waals surface area contributed by atoms with Crippen molar-refractivity contribution < 1.29 is 4.79 Å². The molecule has 3 N–H and O–H groups in total. The lowest BCUT2D eigenvalue weighted by atomic mass is 10.2. The topological polar surface area (TPSA) is 55.1 Å². The molecule has 0 aliphatic rings. The summed E-state index contributed by atoms with van der Waals surface area (Å²) in [6, 6.07) is 7.10. The maximum absolute atomic E-state index is 11.7. The van der Waals surface area contributed by atoms with Gasteiger partial charge >= 0.3 is 0 Å². The van der Waals surface area contributed by atoms with Crippen LogP contribution < -0.4 is 11.1 Å². The summed E-state index contributed by atoms with van der Waals surface area (Å²) in [5.41, 5.74) is 6.03. The van der Waals surface area contributed by atoms with E-state index in [1.54, 1.807) is 30.8 Å². The molecule has 1 amide bonds. The molecule has 5 heteroatoms. The number of thioether (sulfide) groups is 1. The van der Waals surface area contributed by atoms with Gasteiger partial charge in [0.2, 0.25) is 0 Å². The Morgan fingerprint density at radius 3 is 2.44 bits per heavy atom. The number of hydrogen-bond acceptors (Lipinski definition) is 3. The predicted molar refractivity (Wildman–Crippen MR) is 71.9 cm³/mol. The summed E-state index contributed by atoms with van der Waals surface area (Å²) in [6.07, 6.45) is 1.99. The molecular formula is C11H14N2OS2. The van der Waals surface area contributed by atoms with E-state index in [0.29, 0.717) is 5.56 Å². The highest BCUT2D eigenvalue weighted by molar-refractivity contribution is 7.98. The fourth-order valence-electron chi connectivity index (χ4n) is 1.09. The van der Waals surface area contributed by atoms with E-state index in [1.165, 1.54) is 0 Å². The average molecular weight is 254 g/mol. The molecule has 16 heavy (non-hydrogen) atoms. The van der Waals surface area contributed by atoms with E-state index in [0.717, 1.165) is 4.90 Å². The Kier molecular flexibility index (Phi) is 4.76. The number of thiocarbonyl (C=S) groups is 1. The highest BCUT2D eigenvalue weighted by Gasteiger charge is 2.10. The van der Waals surface area contributed by atoms with E-state index in [4.69, 9.17) is 18.0 Å². The number of carbonyl (C=O) groups is 1. The van der Waals surface area contributed by atoms with Gasteiger partial charge in [-0.2, -0.15) is 0 Å². The lowest BCUT2D eigenvalue weighted by molar-refractivity contribution is 0.0949. The van der Waals surface area contributed by atoms with Crippen LogP contribution in [-0.4, -0.2) is 23.2 Å². The van der Waals surface area contributed by atoms with Crippen LogP contribution >= 0.6 is 24.0 Å². The van der Waals surface area contributed by atoms with Gasteiger partial charge < -0.3 is 11.1 Å². The smallest absolute Gasteiger partial charge is 0.251 e. The zero-order valence-electron chi connectivity index (χ0n) is 9.19. The molecule has 1 atom stereocenters. The molecule has 0 aliphatic carbocycles. The number of benzene rings is 1. The molecule has 1 aromatic carbocycles. The van der Waals surface area contributed by atoms with E-state index in [-0.39, 0.29) is 16.9 Å². The van der Waals surface area contributed by atoms with Crippen molar-refractivity contribution in [2.45, 2.75) is 17.9 Å². The SMILES string of the molecule is CSc1ccc(C(=O)NC(C)C(N)=S)cc1. The second-order valence-electron chi connectivity index (χ2n) is 3.33. The van der Waals surface area contributed by atoms with Gasteiger partial charge in [0.1, 0.15) is 0 Å². The standard InChI is InChI=1S/C11H14N2OS2/c1-7(10(12)15)13-11(14)8-3-5-9(16-2)6-4-8/h3-7H,1-2H3,(H2,12,15)(H,13,14). The van der Waals surface area contributed by atoms with Crippen LogP contribution in [0.5, 0.6) is 0 Å². The Balaban J connectivity index is 2.69. The van der Waals surface area contributed by atoms with Gasteiger partial charge in [0, 0.05) is 10.5 Å². The highest BCUT2D eigenvalue weighted by atomic mass is 32.2. The van der Waals surface area contributed by atoms with Gasteiger partial charge in [0.25, 0.3) is 5.91 Å². The van der Waals surface area contributed by atoms with E-state index in [2.05, 4.69) is 5.32 Å². The Labute approximate surface area is 105 Å². The van der Waals surface area contributed by atoms with Crippen LogP contribution in [-0.2, 0) is 0 Å². The zero-order valence-corrected chi connectivity index (χ0v) is 10.8. The van der Waals surface area contributed by atoms with Gasteiger partial charge in [-0.15, -0.1) is 11.8 Å². The van der Waals surface area contributed by atoms with Crippen molar-refractivity contribution in [2.24, 2.45) is 5.73 Å². The first-order valence-corrected chi connectivity index (χ1v) is 6.42. The molecule has 1 rings (SSSR count). The molecule has 0 aromatic heterocycles. The molecule has 3 nitrogen and oxygen atoms in total. The van der Waals surface area contributed by atoms with Gasteiger partial charge in [-0.05, 0) is 37.4 Å². The fraction of sp³-hybridized carbons (Fsp3) is 0.273. The molecule has 1 aromatic rings. The largest absolute Gasteiger partial charge is 0.392 e. The number of carbonyl (C=O) groups excluding carboxylic acids is 1. The summed E-state index contributed by atoms with van der Waals surface area (Å²) >= 11 is 6.42. The molecular weight excluding hydrogens is 240 g/mol. The van der Waals surface area contributed by atoms with Crippen molar-refractivity contribution in [3.8, 4) is 0 Å². The van der Waals surface area contributed by atoms with Crippen molar-refractivity contribution >= 4 is 34.9 Å². The second kappa shape index (κ2) is 5.86. The minimum Gasteiger partial charge on any atom is -0.392 e. The molecule has 0 heterocycles. The summed E-state index contributed by atoms with van der Waals surface area (Å²) < 4.78 is 0. The number of hydrogen-bond donors (Lipinski definition) is 2. The third kappa shape index (κ3) is 3.50. The van der Waals surface area contributed by atoms with Gasteiger partial charge in [0.05, 0.1) is 11.0 Å².